The standard InChI is InChI=1S/C20H24N2O5/c1-25-16-8-6-15(17(12-16)26-2)7-9-19(24)27-13-18(23)22-20(14-21)10-4-3-5-11-20/h6-9,12H,3-5,10-11,13H2,1-2H3,(H,22,23)/b9-7+. The summed E-state index contributed by atoms with van der Waals surface area (Å²) in [5, 5.41) is 12.1. The second kappa shape index (κ2) is 9.62. The first kappa shape index (κ1) is 20.3. The van der Waals surface area contributed by atoms with Crippen LogP contribution in [-0.4, -0.2) is 38.2 Å². The van der Waals surface area contributed by atoms with Gasteiger partial charge in [-0.25, -0.2) is 4.79 Å². The third-order valence-corrected chi connectivity index (χ3v) is 4.48. The van der Waals surface area contributed by atoms with Crippen LogP contribution in [0, 0.1) is 11.3 Å². The molecule has 1 fully saturated rings. The van der Waals surface area contributed by atoms with Gasteiger partial charge in [0.05, 0.1) is 20.3 Å². The van der Waals surface area contributed by atoms with E-state index in [4.69, 9.17) is 14.2 Å². The first-order valence-corrected chi connectivity index (χ1v) is 8.81. The fourth-order valence-electron chi connectivity index (χ4n) is 3.02. The summed E-state index contributed by atoms with van der Waals surface area (Å²) in [6, 6.07) is 7.38. The molecule has 144 valence electrons. The highest BCUT2D eigenvalue weighted by Crippen LogP contribution is 2.27. The number of benzene rings is 1. The van der Waals surface area contributed by atoms with Gasteiger partial charge in [-0.2, -0.15) is 5.26 Å². The number of hydrogen-bond donors (Lipinski definition) is 1. The first-order chi connectivity index (χ1) is 13.0. The van der Waals surface area contributed by atoms with E-state index in [0.29, 0.717) is 29.9 Å². The molecule has 7 nitrogen and oxygen atoms in total. The van der Waals surface area contributed by atoms with E-state index in [2.05, 4.69) is 11.4 Å². The molecule has 0 unspecified atom stereocenters. The van der Waals surface area contributed by atoms with Crippen molar-refractivity contribution in [2.75, 3.05) is 20.8 Å². The summed E-state index contributed by atoms with van der Waals surface area (Å²) in [7, 11) is 3.07. The molecule has 0 bridgehead atoms. The molecule has 1 amide bonds. The lowest BCUT2D eigenvalue weighted by molar-refractivity contribution is -0.144. The molecule has 0 atom stereocenters. The number of hydrogen-bond acceptors (Lipinski definition) is 6. The smallest absolute Gasteiger partial charge is 0.331 e. The first-order valence-electron chi connectivity index (χ1n) is 8.81. The van der Waals surface area contributed by atoms with Gasteiger partial charge >= 0.3 is 5.97 Å². The van der Waals surface area contributed by atoms with Gasteiger partial charge in [0.2, 0.25) is 0 Å². The number of esters is 1. The average Bonchev–Trinajstić information content (AvgIpc) is 2.71. The largest absolute Gasteiger partial charge is 0.497 e. The highest BCUT2D eigenvalue weighted by molar-refractivity contribution is 5.90. The van der Waals surface area contributed by atoms with Gasteiger partial charge in [0.25, 0.3) is 5.91 Å². The predicted molar refractivity (Wildman–Crippen MR) is 99.1 cm³/mol. The van der Waals surface area contributed by atoms with Gasteiger partial charge in [-0.15, -0.1) is 0 Å². The summed E-state index contributed by atoms with van der Waals surface area (Å²) < 4.78 is 15.3. The number of nitrogens with zero attached hydrogens (tertiary/aromatic N) is 1. The van der Waals surface area contributed by atoms with E-state index in [9.17, 15) is 14.9 Å². The molecule has 27 heavy (non-hydrogen) atoms. The molecule has 1 N–H and O–H groups in total. The highest BCUT2D eigenvalue weighted by atomic mass is 16.5. The Hall–Kier alpha value is -3.01. The zero-order valence-corrected chi connectivity index (χ0v) is 15.6. The van der Waals surface area contributed by atoms with Gasteiger partial charge < -0.3 is 19.5 Å². The lowest BCUT2D eigenvalue weighted by Gasteiger charge is -2.31. The normalized spacial score (nSPS) is 15.6. The maximum absolute atomic E-state index is 12.0. The van der Waals surface area contributed by atoms with E-state index in [1.807, 2.05) is 0 Å². The Labute approximate surface area is 158 Å². The van der Waals surface area contributed by atoms with E-state index < -0.39 is 24.0 Å². The van der Waals surface area contributed by atoms with Crippen LogP contribution in [0.25, 0.3) is 6.08 Å². The second-order valence-corrected chi connectivity index (χ2v) is 6.35. The topological polar surface area (TPSA) is 97.6 Å². The van der Waals surface area contributed by atoms with Gasteiger partial charge in [-0.3, -0.25) is 4.79 Å². The monoisotopic (exact) mass is 372 g/mol. The summed E-state index contributed by atoms with van der Waals surface area (Å²) in [6.07, 6.45) is 6.88. The molecule has 1 aromatic carbocycles. The van der Waals surface area contributed by atoms with Gasteiger partial charge in [0, 0.05) is 17.7 Å². The van der Waals surface area contributed by atoms with Crippen LogP contribution in [0.3, 0.4) is 0 Å². The zero-order valence-electron chi connectivity index (χ0n) is 15.6. The molecule has 0 aromatic heterocycles. The van der Waals surface area contributed by atoms with Crippen molar-refractivity contribution in [2.45, 2.75) is 37.6 Å². The van der Waals surface area contributed by atoms with Crippen LogP contribution in [0.2, 0.25) is 0 Å². The van der Waals surface area contributed by atoms with Gasteiger partial charge in [-0.05, 0) is 31.1 Å². The Kier molecular flexibility index (Phi) is 7.24. The third-order valence-electron chi connectivity index (χ3n) is 4.48. The number of nitriles is 1. The summed E-state index contributed by atoms with van der Waals surface area (Å²) in [6.45, 7) is -0.424. The molecule has 7 heteroatoms. The average molecular weight is 372 g/mol. The van der Waals surface area contributed by atoms with Crippen molar-refractivity contribution in [1.29, 1.82) is 5.26 Å². The molecule has 0 aliphatic heterocycles. The fraction of sp³-hybridized carbons (Fsp3) is 0.450. The molecule has 0 spiro atoms. The minimum Gasteiger partial charge on any atom is -0.497 e. The number of nitrogens with one attached hydrogen (secondary N) is 1. The van der Waals surface area contributed by atoms with E-state index >= 15 is 0 Å². The Morgan fingerprint density at radius 1 is 1.22 bits per heavy atom. The number of carbonyl (C=O) groups is 2. The highest BCUT2D eigenvalue weighted by Gasteiger charge is 2.33. The van der Waals surface area contributed by atoms with E-state index in [1.54, 1.807) is 25.3 Å². The molecule has 2 rings (SSSR count). The fourth-order valence-corrected chi connectivity index (χ4v) is 3.02. The number of methoxy groups -OCH3 is 2. The molecule has 0 radical (unpaired) electrons. The van der Waals surface area contributed by atoms with Crippen molar-refractivity contribution in [3.8, 4) is 17.6 Å². The van der Waals surface area contributed by atoms with Crippen molar-refractivity contribution in [3.63, 3.8) is 0 Å². The molecule has 0 heterocycles. The lowest BCUT2D eigenvalue weighted by Crippen LogP contribution is -2.49. The van der Waals surface area contributed by atoms with Crippen LogP contribution in [0.15, 0.2) is 24.3 Å². The zero-order chi connectivity index (χ0) is 19.7. The lowest BCUT2D eigenvalue weighted by atomic mass is 9.83. The Morgan fingerprint density at radius 3 is 2.59 bits per heavy atom. The molecule has 1 aromatic rings. The number of amides is 1. The van der Waals surface area contributed by atoms with Gasteiger partial charge in [0.15, 0.2) is 6.61 Å². The van der Waals surface area contributed by atoms with Crippen LogP contribution in [0.1, 0.15) is 37.7 Å². The van der Waals surface area contributed by atoms with Crippen LogP contribution in [-0.2, 0) is 14.3 Å². The Balaban J connectivity index is 1.88. The third kappa shape index (κ3) is 5.74. The Morgan fingerprint density at radius 2 is 1.96 bits per heavy atom. The number of ether oxygens (including phenoxy) is 3. The van der Waals surface area contributed by atoms with Crippen LogP contribution in [0.4, 0.5) is 0 Å². The summed E-state index contributed by atoms with van der Waals surface area (Å²) in [4.78, 5) is 23.9. The van der Waals surface area contributed by atoms with E-state index in [-0.39, 0.29) is 0 Å². The minimum absolute atomic E-state index is 0.424. The summed E-state index contributed by atoms with van der Waals surface area (Å²) in [5.74, 6) is 0.0571. The SMILES string of the molecule is COc1ccc(/C=C/C(=O)OCC(=O)NC2(C#N)CCCCC2)c(OC)c1. The van der Waals surface area contributed by atoms with E-state index in [1.165, 1.54) is 19.3 Å². The quantitative estimate of drug-likeness (QED) is 0.584. The number of rotatable bonds is 7. The van der Waals surface area contributed by atoms with E-state index in [0.717, 1.165) is 19.3 Å². The molecular weight excluding hydrogens is 348 g/mol. The van der Waals surface area contributed by atoms with Crippen molar-refractivity contribution in [1.82, 2.24) is 5.32 Å². The van der Waals surface area contributed by atoms with Crippen LogP contribution >= 0.6 is 0 Å². The Bertz CT molecular complexity index is 745. The van der Waals surface area contributed by atoms with Crippen molar-refractivity contribution in [2.24, 2.45) is 0 Å². The maximum atomic E-state index is 12.0. The van der Waals surface area contributed by atoms with Crippen molar-refractivity contribution in [3.05, 3.63) is 29.8 Å². The second-order valence-electron chi connectivity index (χ2n) is 6.35. The van der Waals surface area contributed by atoms with Crippen LogP contribution < -0.4 is 14.8 Å². The summed E-state index contributed by atoms with van der Waals surface area (Å²) >= 11 is 0. The predicted octanol–water partition coefficient (Wildman–Crippen LogP) is 2.60. The summed E-state index contributed by atoms with van der Waals surface area (Å²) in [5.41, 5.74) is -0.168. The molecular formula is C20H24N2O5. The van der Waals surface area contributed by atoms with Crippen molar-refractivity contribution >= 4 is 18.0 Å². The molecule has 0 saturated heterocycles. The van der Waals surface area contributed by atoms with Gasteiger partial charge in [-0.1, -0.05) is 19.3 Å². The maximum Gasteiger partial charge on any atom is 0.331 e. The van der Waals surface area contributed by atoms with Crippen LogP contribution in [0.5, 0.6) is 11.5 Å². The van der Waals surface area contributed by atoms with Gasteiger partial charge in [0.1, 0.15) is 17.0 Å². The molecule has 1 aliphatic rings. The van der Waals surface area contributed by atoms with Crippen molar-refractivity contribution < 1.29 is 23.8 Å². The molecule has 1 saturated carbocycles. The molecule has 1 aliphatic carbocycles. The number of carbonyl (C=O) groups excluding carboxylic acids is 2. The minimum atomic E-state index is -0.839.